The summed E-state index contributed by atoms with van der Waals surface area (Å²) in [6.07, 6.45) is -0.0578. The van der Waals surface area contributed by atoms with E-state index < -0.39 is 12.1 Å². The lowest BCUT2D eigenvalue weighted by atomic mass is 10.1. The van der Waals surface area contributed by atoms with E-state index in [2.05, 4.69) is 10.6 Å². The fraction of sp³-hybridized carbons (Fsp3) is 0.182. The van der Waals surface area contributed by atoms with Crippen molar-refractivity contribution in [2.45, 2.75) is 19.4 Å². The van der Waals surface area contributed by atoms with E-state index in [1.807, 2.05) is 54.6 Å². The minimum atomic E-state index is -0.727. The molecule has 6 heteroatoms. The van der Waals surface area contributed by atoms with Crippen molar-refractivity contribution in [3.8, 4) is 0 Å². The van der Waals surface area contributed by atoms with Crippen LogP contribution in [0, 0.1) is 0 Å². The molecule has 144 valence electrons. The summed E-state index contributed by atoms with van der Waals surface area (Å²) >= 11 is 5.84. The van der Waals surface area contributed by atoms with Crippen molar-refractivity contribution in [2.75, 3.05) is 11.9 Å². The van der Waals surface area contributed by atoms with Crippen molar-refractivity contribution < 1.29 is 14.3 Å². The molecule has 0 bridgehead atoms. The molecular weight excluding hydrogens is 376 g/mol. The van der Waals surface area contributed by atoms with Crippen LogP contribution in [0.5, 0.6) is 0 Å². The number of nitrogens with one attached hydrogen (secondary N) is 2. The fourth-order valence-corrected chi connectivity index (χ4v) is 2.84. The van der Waals surface area contributed by atoms with E-state index in [4.69, 9.17) is 16.3 Å². The molecule has 0 heterocycles. The van der Waals surface area contributed by atoms with Gasteiger partial charge in [-0.05, 0) is 47.5 Å². The first-order valence-electron chi connectivity index (χ1n) is 8.99. The van der Waals surface area contributed by atoms with E-state index in [0.717, 1.165) is 16.3 Å². The van der Waals surface area contributed by atoms with Crippen LogP contribution in [0.1, 0.15) is 12.5 Å². The minimum absolute atomic E-state index is 0.215. The number of hydrogen-bond acceptors (Lipinski definition) is 3. The quantitative estimate of drug-likeness (QED) is 0.629. The summed E-state index contributed by atoms with van der Waals surface area (Å²) in [5, 5.41) is 8.13. The SMILES string of the molecule is CC(NC(=O)OCCc1ccc(Cl)cc1)C(=O)Nc1ccc2ccccc2c1. The summed E-state index contributed by atoms with van der Waals surface area (Å²) in [4.78, 5) is 24.2. The summed E-state index contributed by atoms with van der Waals surface area (Å²) in [7, 11) is 0. The molecule has 0 saturated carbocycles. The highest BCUT2D eigenvalue weighted by Crippen LogP contribution is 2.19. The summed E-state index contributed by atoms with van der Waals surface area (Å²) in [5.74, 6) is -0.315. The van der Waals surface area contributed by atoms with Crippen LogP contribution in [0.25, 0.3) is 10.8 Å². The molecule has 0 saturated heterocycles. The Morgan fingerprint density at radius 1 is 1.00 bits per heavy atom. The van der Waals surface area contributed by atoms with E-state index in [1.54, 1.807) is 19.1 Å². The molecule has 0 spiro atoms. The number of rotatable bonds is 6. The second-order valence-corrected chi connectivity index (χ2v) is 6.87. The van der Waals surface area contributed by atoms with Crippen LogP contribution >= 0.6 is 11.6 Å². The topological polar surface area (TPSA) is 67.4 Å². The number of halogens is 1. The smallest absolute Gasteiger partial charge is 0.407 e. The van der Waals surface area contributed by atoms with Gasteiger partial charge in [0.15, 0.2) is 0 Å². The maximum absolute atomic E-state index is 12.3. The van der Waals surface area contributed by atoms with E-state index in [-0.39, 0.29) is 12.5 Å². The Bertz CT molecular complexity index is 973. The van der Waals surface area contributed by atoms with Gasteiger partial charge in [0.25, 0.3) is 0 Å². The van der Waals surface area contributed by atoms with Crippen LogP contribution in [0.3, 0.4) is 0 Å². The number of amides is 2. The second kappa shape index (κ2) is 9.24. The molecule has 1 unspecified atom stereocenters. The van der Waals surface area contributed by atoms with Crippen LogP contribution in [0.2, 0.25) is 5.02 Å². The van der Waals surface area contributed by atoms with Gasteiger partial charge in [0.05, 0.1) is 6.61 Å². The zero-order valence-electron chi connectivity index (χ0n) is 15.4. The Kier molecular flexibility index (Phi) is 6.50. The Hall–Kier alpha value is -3.05. The third kappa shape index (κ3) is 5.47. The average Bonchev–Trinajstić information content (AvgIpc) is 2.69. The largest absolute Gasteiger partial charge is 0.449 e. The van der Waals surface area contributed by atoms with Gasteiger partial charge in [-0.25, -0.2) is 4.79 Å². The lowest BCUT2D eigenvalue weighted by Crippen LogP contribution is -2.42. The summed E-state index contributed by atoms with van der Waals surface area (Å²) < 4.78 is 5.14. The first-order chi connectivity index (χ1) is 13.5. The van der Waals surface area contributed by atoms with Gasteiger partial charge < -0.3 is 15.4 Å². The highest BCUT2D eigenvalue weighted by molar-refractivity contribution is 6.30. The molecule has 0 aliphatic rings. The van der Waals surface area contributed by atoms with Crippen LogP contribution in [-0.2, 0) is 16.0 Å². The summed E-state index contributed by atoms with van der Waals surface area (Å²) in [5.41, 5.74) is 1.69. The van der Waals surface area contributed by atoms with E-state index >= 15 is 0 Å². The minimum Gasteiger partial charge on any atom is -0.449 e. The fourth-order valence-electron chi connectivity index (χ4n) is 2.71. The number of anilines is 1. The van der Waals surface area contributed by atoms with Crippen molar-refractivity contribution in [1.82, 2.24) is 5.32 Å². The molecule has 3 aromatic rings. The molecule has 3 rings (SSSR count). The molecular formula is C22H21ClN2O3. The van der Waals surface area contributed by atoms with Gasteiger partial charge in [-0.3, -0.25) is 4.79 Å². The number of ether oxygens (including phenoxy) is 1. The normalized spacial score (nSPS) is 11.6. The third-order valence-electron chi connectivity index (χ3n) is 4.28. The second-order valence-electron chi connectivity index (χ2n) is 6.43. The van der Waals surface area contributed by atoms with Crippen LogP contribution in [-0.4, -0.2) is 24.6 Å². The third-order valence-corrected chi connectivity index (χ3v) is 4.53. The Balaban J connectivity index is 1.46. The van der Waals surface area contributed by atoms with Crippen LogP contribution < -0.4 is 10.6 Å². The van der Waals surface area contributed by atoms with Gasteiger partial charge in [0.2, 0.25) is 5.91 Å². The molecule has 28 heavy (non-hydrogen) atoms. The van der Waals surface area contributed by atoms with Crippen LogP contribution in [0.4, 0.5) is 10.5 Å². The first-order valence-corrected chi connectivity index (χ1v) is 9.36. The van der Waals surface area contributed by atoms with Crippen molar-refractivity contribution in [3.63, 3.8) is 0 Å². The maximum atomic E-state index is 12.3. The molecule has 0 fully saturated rings. The van der Waals surface area contributed by atoms with Crippen LogP contribution in [0.15, 0.2) is 66.7 Å². The molecule has 2 N–H and O–H groups in total. The van der Waals surface area contributed by atoms with E-state index in [1.165, 1.54) is 0 Å². The van der Waals surface area contributed by atoms with Crippen molar-refractivity contribution in [3.05, 3.63) is 77.3 Å². The van der Waals surface area contributed by atoms with E-state index in [9.17, 15) is 9.59 Å². The van der Waals surface area contributed by atoms with Gasteiger partial charge in [-0.15, -0.1) is 0 Å². The van der Waals surface area contributed by atoms with Gasteiger partial charge in [0.1, 0.15) is 6.04 Å². The Labute approximate surface area is 168 Å². The lowest BCUT2D eigenvalue weighted by molar-refractivity contribution is -0.117. The molecule has 0 aliphatic carbocycles. The molecule has 5 nitrogen and oxygen atoms in total. The summed E-state index contributed by atoms with van der Waals surface area (Å²) in [6, 6.07) is 20.2. The van der Waals surface area contributed by atoms with Gasteiger partial charge >= 0.3 is 6.09 Å². The highest BCUT2D eigenvalue weighted by Gasteiger charge is 2.16. The number of alkyl carbamates (subject to hydrolysis) is 1. The number of carbonyl (C=O) groups excluding carboxylic acids is 2. The number of benzene rings is 3. The summed E-state index contributed by atoms with van der Waals surface area (Å²) in [6.45, 7) is 1.82. The molecule has 3 aromatic carbocycles. The molecule has 0 radical (unpaired) electrons. The van der Waals surface area contributed by atoms with Crippen molar-refractivity contribution in [2.24, 2.45) is 0 Å². The molecule has 0 aliphatic heterocycles. The van der Waals surface area contributed by atoms with Crippen molar-refractivity contribution >= 4 is 40.1 Å². The molecule has 2 amide bonds. The standard InChI is InChI=1S/C22H21ClN2O3/c1-15(24-22(27)28-13-12-16-6-9-19(23)10-7-16)21(26)25-20-11-8-17-4-2-3-5-18(17)14-20/h2-11,14-15H,12-13H2,1H3,(H,24,27)(H,25,26). The zero-order chi connectivity index (χ0) is 19.9. The predicted molar refractivity (Wildman–Crippen MR) is 112 cm³/mol. The number of hydrogen-bond donors (Lipinski definition) is 2. The van der Waals surface area contributed by atoms with Gasteiger partial charge in [-0.2, -0.15) is 0 Å². The van der Waals surface area contributed by atoms with Crippen molar-refractivity contribution in [1.29, 1.82) is 0 Å². The molecule has 1 atom stereocenters. The predicted octanol–water partition coefficient (Wildman–Crippen LogP) is 4.79. The first kappa shape index (κ1) is 19.7. The monoisotopic (exact) mass is 396 g/mol. The zero-order valence-corrected chi connectivity index (χ0v) is 16.2. The molecule has 0 aromatic heterocycles. The number of fused-ring (bicyclic) bond motifs is 1. The van der Waals surface area contributed by atoms with Gasteiger partial charge in [0, 0.05) is 17.1 Å². The highest BCUT2D eigenvalue weighted by atomic mass is 35.5. The average molecular weight is 397 g/mol. The Morgan fingerprint density at radius 3 is 2.46 bits per heavy atom. The van der Waals surface area contributed by atoms with Gasteiger partial charge in [-0.1, -0.05) is 54.1 Å². The number of carbonyl (C=O) groups is 2. The lowest BCUT2D eigenvalue weighted by Gasteiger charge is -2.14. The Morgan fingerprint density at radius 2 is 1.71 bits per heavy atom. The maximum Gasteiger partial charge on any atom is 0.407 e. The van der Waals surface area contributed by atoms with E-state index in [0.29, 0.717) is 17.1 Å².